The molecule has 1 amide bonds. The smallest absolute Gasteiger partial charge is 0.366 e. The summed E-state index contributed by atoms with van der Waals surface area (Å²) in [5.41, 5.74) is 5.25. The van der Waals surface area contributed by atoms with Crippen molar-refractivity contribution in [2.24, 2.45) is 5.92 Å². The third kappa shape index (κ3) is 3.36. The van der Waals surface area contributed by atoms with E-state index in [1.807, 2.05) is 0 Å². The van der Waals surface area contributed by atoms with Gasteiger partial charge in [-0.05, 0) is 19.3 Å². The molecule has 0 radical (unpaired) electrons. The highest BCUT2D eigenvalue weighted by Crippen LogP contribution is 2.37. The first kappa shape index (κ1) is 13.6. The van der Waals surface area contributed by atoms with Crippen molar-refractivity contribution in [3.8, 4) is 0 Å². The Balaban J connectivity index is 1.94. The molecule has 9 heteroatoms. The number of hydrogen-bond donors (Lipinski definition) is 3. The van der Waals surface area contributed by atoms with E-state index in [0.29, 0.717) is 12.8 Å². The Labute approximate surface area is 107 Å². The van der Waals surface area contributed by atoms with Gasteiger partial charge in [-0.3, -0.25) is 9.89 Å². The molecule has 1 heterocycles. The number of alkyl halides is 3. The van der Waals surface area contributed by atoms with Gasteiger partial charge < -0.3 is 11.1 Å². The molecule has 2 rings (SSSR count). The number of nitrogens with one attached hydrogen (secondary N) is 2. The fourth-order valence-corrected chi connectivity index (χ4v) is 2.25. The van der Waals surface area contributed by atoms with Crippen LogP contribution in [-0.2, 0) is 0 Å². The minimum absolute atomic E-state index is 0.0815. The first-order valence-electron chi connectivity index (χ1n) is 5.91. The molecule has 1 fully saturated rings. The van der Waals surface area contributed by atoms with E-state index < -0.39 is 24.0 Å². The van der Waals surface area contributed by atoms with Crippen LogP contribution in [0.5, 0.6) is 0 Å². The van der Waals surface area contributed by atoms with E-state index in [0.717, 1.165) is 0 Å². The fraction of sp³-hybridized carbons (Fsp3) is 0.700. The van der Waals surface area contributed by atoms with Crippen molar-refractivity contribution in [3.05, 3.63) is 5.82 Å². The monoisotopic (exact) mass is 277 g/mol. The van der Waals surface area contributed by atoms with E-state index in [-0.39, 0.29) is 24.6 Å². The lowest BCUT2D eigenvalue weighted by atomic mass is 9.85. The second kappa shape index (κ2) is 5.06. The SMILES string of the molecule is Nc1n[nH]c(C(=O)NC2CCCC(C(F)(F)F)C2)n1. The lowest BCUT2D eigenvalue weighted by molar-refractivity contribution is -0.183. The van der Waals surface area contributed by atoms with Crippen LogP contribution in [0, 0.1) is 5.92 Å². The lowest BCUT2D eigenvalue weighted by Crippen LogP contribution is -2.41. The van der Waals surface area contributed by atoms with Gasteiger partial charge in [0.05, 0.1) is 5.92 Å². The highest BCUT2D eigenvalue weighted by molar-refractivity contribution is 5.90. The Morgan fingerprint density at radius 2 is 2.16 bits per heavy atom. The van der Waals surface area contributed by atoms with Gasteiger partial charge in [0, 0.05) is 6.04 Å². The zero-order valence-electron chi connectivity index (χ0n) is 10.00. The highest BCUT2D eigenvalue weighted by atomic mass is 19.4. The topological polar surface area (TPSA) is 96.7 Å². The van der Waals surface area contributed by atoms with Crippen molar-refractivity contribution in [1.82, 2.24) is 20.5 Å². The van der Waals surface area contributed by atoms with E-state index >= 15 is 0 Å². The third-order valence-electron chi connectivity index (χ3n) is 3.19. The number of carbonyl (C=O) groups excluding carboxylic acids is 1. The molecular formula is C10H14F3N5O. The first-order chi connectivity index (χ1) is 8.86. The summed E-state index contributed by atoms with van der Waals surface area (Å²) in [5.74, 6) is -2.11. The summed E-state index contributed by atoms with van der Waals surface area (Å²) in [6, 6.07) is -0.501. The van der Waals surface area contributed by atoms with Crippen LogP contribution in [0.2, 0.25) is 0 Å². The van der Waals surface area contributed by atoms with Crippen molar-refractivity contribution in [1.29, 1.82) is 0 Å². The quantitative estimate of drug-likeness (QED) is 0.757. The maximum Gasteiger partial charge on any atom is 0.391 e. The van der Waals surface area contributed by atoms with E-state index in [1.54, 1.807) is 0 Å². The Morgan fingerprint density at radius 3 is 2.74 bits per heavy atom. The number of carbonyl (C=O) groups is 1. The highest BCUT2D eigenvalue weighted by Gasteiger charge is 2.42. The normalized spacial score (nSPS) is 24.2. The van der Waals surface area contributed by atoms with Gasteiger partial charge in [0.25, 0.3) is 5.91 Å². The molecule has 0 aliphatic heterocycles. The lowest BCUT2D eigenvalue weighted by Gasteiger charge is -2.30. The minimum atomic E-state index is -4.21. The molecule has 6 nitrogen and oxygen atoms in total. The maximum atomic E-state index is 12.6. The average Bonchev–Trinajstić information content (AvgIpc) is 2.75. The molecule has 0 aromatic carbocycles. The van der Waals surface area contributed by atoms with Crippen LogP contribution >= 0.6 is 0 Å². The molecule has 19 heavy (non-hydrogen) atoms. The van der Waals surface area contributed by atoms with E-state index in [4.69, 9.17) is 5.73 Å². The number of aromatic nitrogens is 3. The molecule has 106 valence electrons. The molecule has 4 N–H and O–H groups in total. The third-order valence-corrected chi connectivity index (χ3v) is 3.19. The fourth-order valence-electron chi connectivity index (χ4n) is 2.25. The summed E-state index contributed by atoms with van der Waals surface area (Å²) < 4.78 is 37.9. The van der Waals surface area contributed by atoms with Gasteiger partial charge in [-0.1, -0.05) is 6.42 Å². The number of aromatic amines is 1. The molecule has 0 spiro atoms. The average molecular weight is 277 g/mol. The molecule has 1 aliphatic carbocycles. The largest absolute Gasteiger partial charge is 0.391 e. The zero-order valence-corrected chi connectivity index (χ0v) is 10.00. The summed E-state index contributed by atoms with van der Waals surface area (Å²) in [7, 11) is 0. The first-order valence-corrected chi connectivity index (χ1v) is 5.91. The van der Waals surface area contributed by atoms with Crippen LogP contribution in [0.4, 0.5) is 19.1 Å². The Hall–Kier alpha value is -1.80. The van der Waals surface area contributed by atoms with Gasteiger partial charge in [-0.25, -0.2) is 0 Å². The molecule has 1 aromatic heterocycles. The Kier molecular flexibility index (Phi) is 3.63. The van der Waals surface area contributed by atoms with E-state index in [2.05, 4.69) is 20.5 Å². The summed E-state index contributed by atoms with van der Waals surface area (Å²) in [5, 5.41) is 8.32. The number of anilines is 1. The van der Waals surface area contributed by atoms with Crippen LogP contribution in [0.25, 0.3) is 0 Å². The van der Waals surface area contributed by atoms with Crippen molar-refractivity contribution in [2.75, 3.05) is 5.73 Å². The second-order valence-corrected chi connectivity index (χ2v) is 4.62. The summed E-state index contributed by atoms with van der Waals surface area (Å²) >= 11 is 0. The molecule has 2 unspecified atom stereocenters. The predicted octanol–water partition coefficient (Wildman–Crippen LogP) is 1.24. The van der Waals surface area contributed by atoms with Crippen LogP contribution in [-0.4, -0.2) is 33.3 Å². The molecule has 1 aliphatic rings. The number of nitrogen functional groups attached to an aromatic ring is 1. The molecule has 0 saturated heterocycles. The van der Waals surface area contributed by atoms with Crippen LogP contribution in [0.1, 0.15) is 36.3 Å². The molecule has 1 aromatic rings. The Bertz CT molecular complexity index is 458. The molecule has 2 atom stereocenters. The standard InChI is InChI=1S/C10H14F3N5O/c11-10(12,13)5-2-1-3-6(4-5)15-8(19)7-16-9(14)18-17-7/h5-6H,1-4H2,(H,15,19)(H3,14,16,17,18). The van der Waals surface area contributed by atoms with Gasteiger partial charge in [0.2, 0.25) is 11.8 Å². The van der Waals surface area contributed by atoms with Crippen molar-refractivity contribution in [2.45, 2.75) is 37.9 Å². The zero-order chi connectivity index (χ0) is 14.0. The number of halogens is 3. The van der Waals surface area contributed by atoms with Gasteiger partial charge in [0.1, 0.15) is 0 Å². The van der Waals surface area contributed by atoms with Crippen LogP contribution in [0.3, 0.4) is 0 Å². The number of rotatable bonds is 2. The molecule has 1 saturated carbocycles. The van der Waals surface area contributed by atoms with Gasteiger partial charge in [-0.15, -0.1) is 5.10 Å². The number of nitrogens with two attached hydrogens (primary N) is 1. The number of hydrogen-bond acceptors (Lipinski definition) is 4. The van der Waals surface area contributed by atoms with Gasteiger partial charge in [-0.2, -0.15) is 18.2 Å². The molecule has 0 bridgehead atoms. The summed E-state index contributed by atoms with van der Waals surface area (Å²) in [6.07, 6.45) is -3.22. The minimum Gasteiger partial charge on any atom is -0.366 e. The number of amides is 1. The van der Waals surface area contributed by atoms with E-state index in [9.17, 15) is 18.0 Å². The summed E-state index contributed by atoms with van der Waals surface area (Å²) in [4.78, 5) is 15.3. The van der Waals surface area contributed by atoms with Gasteiger partial charge >= 0.3 is 6.18 Å². The second-order valence-electron chi connectivity index (χ2n) is 4.62. The Morgan fingerprint density at radius 1 is 1.42 bits per heavy atom. The van der Waals surface area contributed by atoms with Crippen molar-refractivity contribution in [3.63, 3.8) is 0 Å². The van der Waals surface area contributed by atoms with Crippen molar-refractivity contribution >= 4 is 11.9 Å². The van der Waals surface area contributed by atoms with Crippen LogP contribution in [0.15, 0.2) is 0 Å². The summed E-state index contributed by atoms with van der Waals surface area (Å²) in [6.45, 7) is 0. The number of H-pyrrole nitrogens is 1. The predicted molar refractivity (Wildman–Crippen MR) is 60.1 cm³/mol. The molecular weight excluding hydrogens is 263 g/mol. The maximum absolute atomic E-state index is 12.6. The number of nitrogens with zero attached hydrogens (tertiary/aromatic N) is 2. The van der Waals surface area contributed by atoms with Crippen molar-refractivity contribution < 1.29 is 18.0 Å². The van der Waals surface area contributed by atoms with Gasteiger partial charge in [0.15, 0.2) is 0 Å². The van der Waals surface area contributed by atoms with Crippen LogP contribution < -0.4 is 11.1 Å². The van der Waals surface area contributed by atoms with E-state index in [1.165, 1.54) is 0 Å².